The SMILES string of the molecule is Cc1cccc(OCC(=O)Nc2ccc(C#N)c(Cl)c2)c1C. The highest BCUT2D eigenvalue weighted by atomic mass is 35.5. The van der Waals surface area contributed by atoms with Gasteiger partial charge in [-0.25, -0.2) is 0 Å². The van der Waals surface area contributed by atoms with Crippen molar-refractivity contribution in [1.82, 2.24) is 0 Å². The molecule has 2 rings (SSSR count). The fourth-order valence-electron chi connectivity index (χ4n) is 1.90. The van der Waals surface area contributed by atoms with Gasteiger partial charge in [0.1, 0.15) is 11.8 Å². The van der Waals surface area contributed by atoms with Crippen LogP contribution >= 0.6 is 11.6 Å². The average molecular weight is 315 g/mol. The first-order valence-corrected chi connectivity index (χ1v) is 7.07. The summed E-state index contributed by atoms with van der Waals surface area (Å²) in [6.07, 6.45) is 0. The number of hydrogen-bond donors (Lipinski definition) is 1. The quantitative estimate of drug-likeness (QED) is 0.932. The number of carbonyl (C=O) groups is 1. The predicted molar refractivity (Wildman–Crippen MR) is 86.2 cm³/mol. The van der Waals surface area contributed by atoms with E-state index in [1.165, 1.54) is 6.07 Å². The zero-order chi connectivity index (χ0) is 16.1. The second kappa shape index (κ2) is 6.97. The molecule has 0 fully saturated rings. The molecule has 2 aromatic rings. The highest BCUT2D eigenvalue weighted by molar-refractivity contribution is 6.32. The zero-order valence-electron chi connectivity index (χ0n) is 12.3. The summed E-state index contributed by atoms with van der Waals surface area (Å²) in [5.41, 5.74) is 3.01. The molecule has 0 aromatic heterocycles. The third-order valence-corrected chi connectivity index (χ3v) is 3.60. The van der Waals surface area contributed by atoms with E-state index in [0.29, 0.717) is 22.0 Å². The van der Waals surface area contributed by atoms with Crippen molar-refractivity contribution in [3.05, 3.63) is 58.1 Å². The summed E-state index contributed by atoms with van der Waals surface area (Å²) in [6, 6.07) is 12.4. The zero-order valence-corrected chi connectivity index (χ0v) is 13.1. The summed E-state index contributed by atoms with van der Waals surface area (Å²) in [5.74, 6) is 0.398. The first kappa shape index (κ1) is 15.9. The number of nitrogens with one attached hydrogen (secondary N) is 1. The van der Waals surface area contributed by atoms with E-state index in [1.54, 1.807) is 12.1 Å². The number of rotatable bonds is 4. The van der Waals surface area contributed by atoms with Crippen LogP contribution in [0.15, 0.2) is 36.4 Å². The van der Waals surface area contributed by atoms with Crippen LogP contribution in [0, 0.1) is 25.2 Å². The lowest BCUT2D eigenvalue weighted by atomic mass is 10.1. The van der Waals surface area contributed by atoms with Crippen LogP contribution < -0.4 is 10.1 Å². The summed E-state index contributed by atoms with van der Waals surface area (Å²) in [7, 11) is 0. The van der Waals surface area contributed by atoms with Crippen molar-refractivity contribution < 1.29 is 9.53 Å². The van der Waals surface area contributed by atoms with Gasteiger partial charge in [-0.15, -0.1) is 0 Å². The maximum Gasteiger partial charge on any atom is 0.262 e. The van der Waals surface area contributed by atoms with Crippen LogP contribution in [-0.4, -0.2) is 12.5 Å². The Kier molecular flexibility index (Phi) is 5.03. The van der Waals surface area contributed by atoms with Crippen LogP contribution in [-0.2, 0) is 4.79 Å². The topological polar surface area (TPSA) is 62.1 Å². The lowest BCUT2D eigenvalue weighted by Crippen LogP contribution is -2.20. The van der Waals surface area contributed by atoms with Gasteiger partial charge in [0.2, 0.25) is 0 Å². The third-order valence-electron chi connectivity index (χ3n) is 3.29. The second-order valence-corrected chi connectivity index (χ2v) is 5.25. The molecule has 22 heavy (non-hydrogen) atoms. The normalized spacial score (nSPS) is 9.91. The Hall–Kier alpha value is -2.51. The molecular weight excluding hydrogens is 300 g/mol. The predicted octanol–water partition coefficient (Wildman–Crippen LogP) is 3.85. The van der Waals surface area contributed by atoms with E-state index in [9.17, 15) is 4.79 Å². The molecule has 1 N–H and O–H groups in total. The maximum atomic E-state index is 11.9. The molecule has 0 unspecified atom stereocenters. The molecule has 0 bridgehead atoms. The average Bonchev–Trinajstić information content (AvgIpc) is 2.49. The highest BCUT2D eigenvalue weighted by Crippen LogP contribution is 2.21. The van der Waals surface area contributed by atoms with E-state index < -0.39 is 0 Å². The molecule has 0 atom stereocenters. The molecule has 0 aliphatic carbocycles. The summed E-state index contributed by atoms with van der Waals surface area (Å²) in [5, 5.41) is 11.8. The Balaban J connectivity index is 1.97. The van der Waals surface area contributed by atoms with Crippen LogP contribution in [0.5, 0.6) is 5.75 Å². The van der Waals surface area contributed by atoms with Gasteiger partial charge in [0.05, 0.1) is 10.6 Å². The van der Waals surface area contributed by atoms with Crippen LogP contribution in [0.3, 0.4) is 0 Å². The van der Waals surface area contributed by atoms with Crippen molar-refractivity contribution in [2.45, 2.75) is 13.8 Å². The number of hydrogen-bond acceptors (Lipinski definition) is 3. The number of halogens is 1. The van der Waals surface area contributed by atoms with Crippen molar-refractivity contribution in [3.8, 4) is 11.8 Å². The van der Waals surface area contributed by atoms with Crippen LogP contribution in [0.1, 0.15) is 16.7 Å². The van der Waals surface area contributed by atoms with Gasteiger partial charge in [0, 0.05) is 5.69 Å². The summed E-state index contributed by atoms with van der Waals surface area (Å²) >= 11 is 5.92. The minimum atomic E-state index is -0.290. The Morgan fingerprint density at radius 3 is 2.77 bits per heavy atom. The van der Waals surface area contributed by atoms with Gasteiger partial charge < -0.3 is 10.1 Å². The van der Waals surface area contributed by atoms with Gasteiger partial charge in [0.25, 0.3) is 5.91 Å². The number of nitriles is 1. The number of aryl methyl sites for hydroxylation is 1. The van der Waals surface area contributed by atoms with Crippen LogP contribution in [0.25, 0.3) is 0 Å². The molecule has 0 saturated carbocycles. The molecule has 5 heteroatoms. The van der Waals surface area contributed by atoms with E-state index in [0.717, 1.165) is 11.1 Å². The third kappa shape index (κ3) is 3.78. The van der Waals surface area contributed by atoms with Crippen molar-refractivity contribution in [2.75, 3.05) is 11.9 Å². The Morgan fingerprint density at radius 2 is 2.09 bits per heavy atom. The van der Waals surface area contributed by atoms with Crippen molar-refractivity contribution in [2.24, 2.45) is 0 Å². The highest BCUT2D eigenvalue weighted by Gasteiger charge is 2.08. The maximum absolute atomic E-state index is 11.9. The number of benzene rings is 2. The first-order chi connectivity index (χ1) is 10.5. The molecule has 0 spiro atoms. The minimum Gasteiger partial charge on any atom is -0.483 e. The lowest BCUT2D eigenvalue weighted by Gasteiger charge is -2.11. The van der Waals surface area contributed by atoms with Crippen molar-refractivity contribution >= 4 is 23.2 Å². The van der Waals surface area contributed by atoms with Gasteiger partial charge in [-0.05, 0) is 49.2 Å². The fraction of sp³-hybridized carbons (Fsp3) is 0.176. The number of anilines is 1. The van der Waals surface area contributed by atoms with Gasteiger partial charge in [0.15, 0.2) is 6.61 Å². The van der Waals surface area contributed by atoms with E-state index in [1.807, 2.05) is 38.1 Å². The van der Waals surface area contributed by atoms with Gasteiger partial charge in [-0.3, -0.25) is 4.79 Å². The molecule has 0 heterocycles. The molecule has 0 aliphatic heterocycles. The Morgan fingerprint density at radius 1 is 1.32 bits per heavy atom. The minimum absolute atomic E-state index is 0.0953. The van der Waals surface area contributed by atoms with E-state index in [-0.39, 0.29) is 12.5 Å². The van der Waals surface area contributed by atoms with Gasteiger partial charge in [-0.2, -0.15) is 5.26 Å². The van der Waals surface area contributed by atoms with Crippen LogP contribution in [0.4, 0.5) is 5.69 Å². The van der Waals surface area contributed by atoms with E-state index >= 15 is 0 Å². The molecule has 0 radical (unpaired) electrons. The molecule has 112 valence electrons. The smallest absolute Gasteiger partial charge is 0.262 e. The number of ether oxygens (including phenoxy) is 1. The Labute approximate surface area is 134 Å². The van der Waals surface area contributed by atoms with Crippen molar-refractivity contribution in [1.29, 1.82) is 5.26 Å². The fourth-order valence-corrected chi connectivity index (χ4v) is 2.13. The lowest BCUT2D eigenvalue weighted by molar-refractivity contribution is -0.118. The largest absolute Gasteiger partial charge is 0.483 e. The Bertz CT molecular complexity index is 751. The number of carbonyl (C=O) groups excluding carboxylic acids is 1. The molecule has 0 aliphatic rings. The van der Waals surface area contributed by atoms with Gasteiger partial charge in [-0.1, -0.05) is 23.7 Å². The standard InChI is InChI=1S/C17H15ClN2O2/c1-11-4-3-5-16(12(11)2)22-10-17(21)20-14-7-6-13(9-19)15(18)8-14/h3-8H,10H2,1-2H3,(H,20,21). The molecule has 0 saturated heterocycles. The van der Waals surface area contributed by atoms with E-state index in [2.05, 4.69) is 5.32 Å². The van der Waals surface area contributed by atoms with Crippen LogP contribution in [0.2, 0.25) is 5.02 Å². The second-order valence-electron chi connectivity index (χ2n) is 4.84. The number of nitrogens with zero attached hydrogens (tertiary/aromatic N) is 1. The van der Waals surface area contributed by atoms with Gasteiger partial charge >= 0.3 is 0 Å². The molecule has 2 aromatic carbocycles. The summed E-state index contributed by atoms with van der Waals surface area (Å²) in [4.78, 5) is 11.9. The number of amides is 1. The summed E-state index contributed by atoms with van der Waals surface area (Å²) < 4.78 is 5.53. The van der Waals surface area contributed by atoms with E-state index in [4.69, 9.17) is 21.6 Å². The monoisotopic (exact) mass is 314 g/mol. The van der Waals surface area contributed by atoms with Crippen molar-refractivity contribution in [3.63, 3.8) is 0 Å². The first-order valence-electron chi connectivity index (χ1n) is 6.70. The molecule has 4 nitrogen and oxygen atoms in total. The molecule has 1 amide bonds. The molecular formula is C17H15ClN2O2. The summed E-state index contributed by atoms with van der Waals surface area (Å²) in [6.45, 7) is 3.84.